The van der Waals surface area contributed by atoms with Crippen LogP contribution in [0.15, 0.2) is 24.3 Å². The summed E-state index contributed by atoms with van der Waals surface area (Å²) in [4.78, 5) is 12.4. The summed E-state index contributed by atoms with van der Waals surface area (Å²) < 4.78 is 13.0. The number of nitrogens with one attached hydrogen (secondary N) is 2. The van der Waals surface area contributed by atoms with Crippen LogP contribution in [0.3, 0.4) is 0 Å². The molecule has 1 aliphatic heterocycles. The number of hydrogen-bond acceptors (Lipinski definition) is 2. The van der Waals surface area contributed by atoms with Gasteiger partial charge in [-0.25, -0.2) is 4.39 Å². The van der Waals surface area contributed by atoms with Crippen molar-refractivity contribution in [1.29, 1.82) is 0 Å². The molecule has 4 heteroatoms. The Kier molecular flexibility index (Phi) is 3.74. The van der Waals surface area contributed by atoms with Crippen LogP contribution >= 0.6 is 0 Å². The molecule has 108 valence electrons. The molecule has 1 amide bonds. The fraction of sp³-hybridized carbons (Fsp3) is 0.562. The quantitative estimate of drug-likeness (QED) is 0.863. The van der Waals surface area contributed by atoms with Crippen molar-refractivity contribution in [2.24, 2.45) is 5.92 Å². The Morgan fingerprint density at radius 1 is 1.35 bits per heavy atom. The molecule has 1 saturated heterocycles. The summed E-state index contributed by atoms with van der Waals surface area (Å²) in [7, 11) is 0. The van der Waals surface area contributed by atoms with E-state index in [0.29, 0.717) is 5.92 Å². The molecule has 1 atom stereocenters. The van der Waals surface area contributed by atoms with E-state index < -0.39 is 0 Å². The van der Waals surface area contributed by atoms with E-state index in [0.717, 1.165) is 44.5 Å². The van der Waals surface area contributed by atoms with Crippen molar-refractivity contribution in [1.82, 2.24) is 10.6 Å². The highest BCUT2D eigenvalue weighted by Crippen LogP contribution is 2.48. The van der Waals surface area contributed by atoms with Gasteiger partial charge in [-0.05, 0) is 62.4 Å². The van der Waals surface area contributed by atoms with Crippen LogP contribution in [-0.2, 0) is 10.2 Å². The van der Waals surface area contributed by atoms with Crippen molar-refractivity contribution in [3.05, 3.63) is 35.6 Å². The van der Waals surface area contributed by atoms with Gasteiger partial charge in [0.25, 0.3) is 0 Å². The zero-order valence-corrected chi connectivity index (χ0v) is 11.6. The number of carbonyl (C=O) groups excluding carboxylic acids is 1. The van der Waals surface area contributed by atoms with Crippen LogP contribution in [0.1, 0.15) is 31.2 Å². The van der Waals surface area contributed by atoms with E-state index in [2.05, 4.69) is 10.6 Å². The molecular formula is C16H21FN2O. The molecule has 1 aliphatic carbocycles. The van der Waals surface area contributed by atoms with Crippen LogP contribution < -0.4 is 10.6 Å². The Morgan fingerprint density at radius 2 is 2.10 bits per heavy atom. The zero-order valence-electron chi connectivity index (χ0n) is 11.6. The van der Waals surface area contributed by atoms with Gasteiger partial charge in [0.05, 0.1) is 5.41 Å². The van der Waals surface area contributed by atoms with Crippen LogP contribution in [0.5, 0.6) is 0 Å². The molecule has 0 radical (unpaired) electrons. The van der Waals surface area contributed by atoms with Crippen molar-refractivity contribution in [3.63, 3.8) is 0 Å². The van der Waals surface area contributed by atoms with E-state index >= 15 is 0 Å². The minimum absolute atomic E-state index is 0.107. The summed E-state index contributed by atoms with van der Waals surface area (Å²) >= 11 is 0. The minimum atomic E-state index is -0.387. The Morgan fingerprint density at radius 3 is 2.70 bits per heavy atom. The monoisotopic (exact) mass is 276 g/mol. The molecule has 1 unspecified atom stereocenters. The molecule has 0 bridgehead atoms. The number of carbonyl (C=O) groups is 1. The highest BCUT2D eigenvalue weighted by Gasteiger charge is 2.51. The van der Waals surface area contributed by atoms with Gasteiger partial charge in [0, 0.05) is 6.54 Å². The molecule has 2 fully saturated rings. The van der Waals surface area contributed by atoms with Crippen molar-refractivity contribution in [2.75, 3.05) is 19.6 Å². The largest absolute Gasteiger partial charge is 0.355 e. The first-order valence-corrected chi connectivity index (χ1v) is 7.46. The Balaban J connectivity index is 1.54. The van der Waals surface area contributed by atoms with Crippen molar-refractivity contribution in [2.45, 2.75) is 31.1 Å². The fourth-order valence-corrected chi connectivity index (χ4v) is 3.06. The Bertz CT molecular complexity index is 476. The molecule has 2 aliphatic rings. The number of hydrogen-bond donors (Lipinski definition) is 2. The van der Waals surface area contributed by atoms with Crippen LogP contribution in [0.25, 0.3) is 0 Å². The molecule has 3 nitrogen and oxygen atoms in total. The van der Waals surface area contributed by atoms with E-state index in [9.17, 15) is 9.18 Å². The topological polar surface area (TPSA) is 41.1 Å². The van der Waals surface area contributed by atoms with Crippen molar-refractivity contribution in [3.8, 4) is 0 Å². The maximum Gasteiger partial charge on any atom is 0.230 e. The third-order valence-corrected chi connectivity index (χ3v) is 4.58. The second-order valence-corrected chi connectivity index (χ2v) is 5.99. The maximum absolute atomic E-state index is 13.0. The summed E-state index contributed by atoms with van der Waals surface area (Å²) in [6.45, 7) is 2.91. The average Bonchev–Trinajstić information content (AvgIpc) is 3.10. The van der Waals surface area contributed by atoms with Gasteiger partial charge in [-0.1, -0.05) is 12.1 Å². The highest BCUT2D eigenvalue weighted by molar-refractivity contribution is 5.91. The van der Waals surface area contributed by atoms with Gasteiger partial charge in [-0.15, -0.1) is 0 Å². The summed E-state index contributed by atoms with van der Waals surface area (Å²) in [5.41, 5.74) is 0.556. The molecule has 2 N–H and O–H groups in total. The molecule has 1 saturated carbocycles. The summed E-state index contributed by atoms with van der Waals surface area (Å²) in [6, 6.07) is 6.35. The number of rotatable bonds is 5. The molecule has 1 heterocycles. The van der Waals surface area contributed by atoms with Crippen LogP contribution in [0, 0.1) is 11.7 Å². The van der Waals surface area contributed by atoms with E-state index in [4.69, 9.17) is 0 Å². The number of halogens is 1. The predicted octanol–water partition coefficient (Wildman–Crippen LogP) is 1.97. The molecule has 3 rings (SSSR count). The van der Waals surface area contributed by atoms with Gasteiger partial charge in [-0.2, -0.15) is 0 Å². The van der Waals surface area contributed by atoms with Gasteiger partial charge < -0.3 is 10.6 Å². The molecule has 1 aromatic carbocycles. The standard InChI is InChI=1S/C16H21FN2O/c17-14-3-1-13(2-4-14)16(7-8-16)15(20)19-10-6-12-5-9-18-11-12/h1-4,12,18H,5-11H2,(H,19,20). The molecular weight excluding hydrogens is 255 g/mol. The second kappa shape index (κ2) is 5.52. The smallest absolute Gasteiger partial charge is 0.230 e. The lowest BCUT2D eigenvalue weighted by atomic mass is 9.94. The predicted molar refractivity (Wildman–Crippen MR) is 75.9 cm³/mol. The maximum atomic E-state index is 13.0. The van der Waals surface area contributed by atoms with E-state index in [1.54, 1.807) is 12.1 Å². The number of benzene rings is 1. The van der Waals surface area contributed by atoms with E-state index in [1.165, 1.54) is 18.6 Å². The lowest BCUT2D eigenvalue weighted by molar-refractivity contribution is -0.123. The SMILES string of the molecule is O=C(NCCC1CCNC1)C1(c2ccc(F)cc2)CC1. The Labute approximate surface area is 118 Å². The molecule has 20 heavy (non-hydrogen) atoms. The summed E-state index contributed by atoms with van der Waals surface area (Å²) in [5.74, 6) is 0.546. The molecule has 0 aromatic heterocycles. The third-order valence-electron chi connectivity index (χ3n) is 4.58. The fourth-order valence-electron chi connectivity index (χ4n) is 3.06. The summed E-state index contributed by atoms with van der Waals surface area (Å²) in [5, 5.41) is 6.40. The highest BCUT2D eigenvalue weighted by atomic mass is 19.1. The third kappa shape index (κ3) is 2.70. The van der Waals surface area contributed by atoms with Crippen LogP contribution in [0.4, 0.5) is 4.39 Å². The van der Waals surface area contributed by atoms with Gasteiger partial charge in [0.1, 0.15) is 5.82 Å². The first-order valence-electron chi connectivity index (χ1n) is 7.46. The van der Waals surface area contributed by atoms with Crippen molar-refractivity contribution >= 4 is 5.91 Å². The number of amides is 1. The lowest BCUT2D eigenvalue weighted by Crippen LogP contribution is -2.36. The Hall–Kier alpha value is -1.42. The van der Waals surface area contributed by atoms with Crippen LogP contribution in [0.2, 0.25) is 0 Å². The van der Waals surface area contributed by atoms with Gasteiger partial charge in [-0.3, -0.25) is 4.79 Å². The van der Waals surface area contributed by atoms with Gasteiger partial charge in [0.15, 0.2) is 0 Å². The molecule has 0 spiro atoms. The minimum Gasteiger partial charge on any atom is -0.355 e. The van der Waals surface area contributed by atoms with E-state index in [1.807, 2.05) is 0 Å². The van der Waals surface area contributed by atoms with Gasteiger partial charge >= 0.3 is 0 Å². The summed E-state index contributed by atoms with van der Waals surface area (Å²) in [6.07, 6.45) is 3.99. The first-order chi connectivity index (χ1) is 9.71. The first kappa shape index (κ1) is 13.6. The van der Waals surface area contributed by atoms with Gasteiger partial charge in [0.2, 0.25) is 5.91 Å². The lowest BCUT2D eigenvalue weighted by Gasteiger charge is -2.16. The van der Waals surface area contributed by atoms with Crippen LogP contribution in [-0.4, -0.2) is 25.5 Å². The average molecular weight is 276 g/mol. The van der Waals surface area contributed by atoms with Crippen molar-refractivity contribution < 1.29 is 9.18 Å². The van der Waals surface area contributed by atoms with E-state index in [-0.39, 0.29) is 17.1 Å². The molecule has 1 aromatic rings. The normalized spacial score (nSPS) is 23.6. The second-order valence-electron chi connectivity index (χ2n) is 5.99. The zero-order chi connectivity index (χ0) is 14.0.